The van der Waals surface area contributed by atoms with Crippen molar-refractivity contribution in [2.24, 2.45) is 5.11 Å². The smallest absolute Gasteiger partial charge is 0.220 e. The number of hydrogen-bond acceptors (Lipinski definition) is 10. The van der Waals surface area contributed by atoms with E-state index in [9.17, 15) is 15.3 Å². The number of hydrogen-bond donors (Lipinski definition) is 4. The quantitative estimate of drug-likeness (QED) is 0.305. The van der Waals surface area contributed by atoms with Gasteiger partial charge in [0.15, 0.2) is 23.2 Å². The van der Waals surface area contributed by atoms with Crippen LogP contribution in [0.4, 0.5) is 11.8 Å². The summed E-state index contributed by atoms with van der Waals surface area (Å²) in [5.41, 5.74) is 9.37. The number of nitrogens with zero attached hydrogens (tertiary/aromatic N) is 7. The fourth-order valence-electron chi connectivity index (χ4n) is 3.23. The Morgan fingerprint density at radius 2 is 2.22 bits per heavy atom. The van der Waals surface area contributed by atoms with Crippen LogP contribution in [0.5, 0.6) is 0 Å². The van der Waals surface area contributed by atoms with Gasteiger partial charge < -0.3 is 30.1 Å². The van der Waals surface area contributed by atoms with E-state index in [1.54, 1.807) is 0 Å². The molecule has 0 radical (unpaired) electrons. The van der Waals surface area contributed by atoms with E-state index >= 15 is 0 Å². The van der Waals surface area contributed by atoms with Crippen LogP contribution in [0.1, 0.15) is 12.6 Å². The highest BCUT2D eigenvalue weighted by molar-refractivity contribution is 5.84. The van der Waals surface area contributed by atoms with Crippen LogP contribution in [-0.2, 0) is 9.47 Å². The van der Waals surface area contributed by atoms with E-state index in [0.717, 1.165) is 6.42 Å². The zero-order chi connectivity index (χ0) is 19.0. The van der Waals surface area contributed by atoms with Gasteiger partial charge in [-0.2, -0.15) is 0 Å². The molecule has 0 saturated carbocycles. The van der Waals surface area contributed by atoms with Gasteiger partial charge in [0.1, 0.15) is 18.3 Å². The van der Waals surface area contributed by atoms with Gasteiger partial charge >= 0.3 is 0 Å². The molecule has 2 fully saturated rings. The van der Waals surface area contributed by atoms with E-state index in [1.165, 1.54) is 10.9 Å². The van der Waals surface area contributed by atoms with Crippen molar-refractivity contribution >= 4 is 22.9 Å². The maximum atomic E-state index is 10.3. The van der Waals surface area contributed by atoms with E-state index < -0.39 is 31.1 Å². The fourth-order valence-corrected chi connectivity index (χ4v) is 3.23. The SMILES string of the molecule is [N-]=[N+]=Nc1nc(NC2CCOC2)c2ncn([C@@H]3O[C@H](CO)[C@H](O)[C@@H]3O)c2n1. The Morgan fingerprint density at radius 3 is 2.89 bits per heavy atom. The Kier molecular flexibility index (Phi) is 4.78. The largest absolute Gasteiger partial charge is 0.394 e. The molecule has 4 rings (SSSR count). The van der Waals surface area contributed by atoms with Gasteiger partial charge in [-0.15, -0.1) is 0 Å². The fraction of sp³-hybridized carbons (Fsp3) is 0.643. The molecule has 0 bridgehead atoms. The Balaban J connectivity index is 1.76. The van der Waals surface area contributed by atoms with Gasteiger partial charge in [-0.25, -0.2) is 15.0 Å². The summed E-state index contributed by atoms with van der Waals surface area (Å²) in [5, 5.41) is 36.2. The molecule has 2 aliphatic heterocycles. The van der Waals surface area contributed by atoms with Crippen LogP contribution in [0.15, 0.2) is 11.4 Å². The second-order valence-corrected chi connectivity index (χ2v) is 6.32. The third kappa shape index (κ3) is 3.16. The molecule has 0 aliphatic carbocycles. The Morgan fingerprint density at radius 1 is 1.37 bits per heavy atom. The van der Waals surface area contributed by atoms with Gasteiger partial charge in [0.2, 0.25) is 5.95 Å². The second kappa shape index (κ2) is 7.23. The molecule has 5 atom stereocenters. The van der Waals surface area contributed by atoms with Crippen molar-refractivity contribution in [1.29, 1.82) is 0 Å². The lowest BCUT2D eigenvalue weighted by molar-refractivity contribution is -0.0511. The normalized spacial score (nSPS) is 30.6. The molecule has 2 saturated heterocycles. The van der Waals surface area contributed by atoms with Crippen LogP contribution >= 0.6 is 0 Å². The minimum atomic E-state index is -1.29. The first kappa shape index (κ1) is 17.9. The number of aliphatic hydroxyl groups is 3. The van der Waals surface area contributed by atoms with Gasteiger partial charge in [0.05, 0.1) is 25.6 Å². The molecule has 4 N–H and O–H groups in total. The van der Waals surface area contributed by atoms with Gasteiger partial charge in [-0.05, 0) is 17.1 Å². The van der Waals surface area contributed by atoms with Crippen LogP contribution in [0.3, 0.4) is 0 Å². The number of aromatic nitrogens is 4. The predicted octanol–water partition coefficient (Wildman–Crippen LogP) is -0.420. The molecule has 13 nitrogen and oxygen atoms in total. The van der Waals surface area contributed by atoms with Crippen LogP contribution in [0.2, 0.25) is 0 Å². The van der Waals surface area contributed by atoms with E-state index in [0.29, 0.717) is 24.5 Å². The topological polar surface area (TPSA) is 184 Å². The average molecular weight is 378 g/mol. The lowest BCUT2D eigenvalue weighted by atomic mass is 10.1. The third-order valence-corrected chi connectivity index (χ3v) is 4.61. The summed E-state index contributed by atoms with van der Waals surface area (Å²) in [6.07, 6.45) is -2.33. The summed E-state index contributed by atoms with van der Waals surface area (Å²) in [7, 11) is 0. The molecule has 0 amide bonds. The monoisotopic (exact) mass is 378 g/mol. The van der Waals surface area contributed by atoms with Crippen molar-refractivity contribution in [3.63, 3.8) is 0 Å². The highest BCUT2D eigenvalue weighted by Crippen LogP contribution is 2.33. The molecular weight excluding hydrogens is 360 g/mol. The van der Waals surface area contributed by atoms with Crippen LogP contribution in [0.25, 0.3) is 21.6 Å². The molecule has 2 aromatic rings. The lowest BCUT2D eigenvalue weighted by Gasteiger charge is -2.17. The highest BCUT2D eigenvalue weighted by atomic mass is 16.6. The van der Waals surface area contributed by atoms with Crippen LogP contribution in [0, 0.1) is 0 Å². The second-order valence-electron chi connectivity index (χ2n) is 6.32. The van der Waals surface area contributed by atoms with Crippen molar-refractivity contribution in [3.8, 4) is 0 Å². The van der Waals surface area contributed by atoms with E-state index in [2.05, 4.69) is 30.3 Å². The van der Waals surface area contributed by atoms with Crippen molar-refractivity contribution < 1.29 is 24.8 Å². The summed E-state index contributed by atoms with van der Waals surface area (Å²) in [5.74, 6) is 0.239. The number of azide groups is 1. The van der Waals surface area contributed by atoms with E-state index in [4.69, 9.17) is 15.0 Å². The molecule has 1 unspecified atom stereocenters. The lowest BCUT2D eigenvalue weighted by Crippen LogP contribution is -2.33. The zero-order valence-electron chi connectivity index (χ0n) is 14.1. The Labute approximate surface area is 152 Å². The maximum Gasteiger partial charge on any atom is 0.220 e. The number of nitrogens with one attached hydrogen (secondary N) is 1. The van der Waals surface area contributed by atoms with Crippen molar-refractivity contribution in [1.82, 2.24) is 19.5 Å². The molecule has 2 aromatic heterocycles. The van der Waals surface area contributed by atoms with Gasteiger partial charge in [0.25, 0.3) is 0 Å². The molecule has 0 spiro atoms. The zero-order valence-corrected chi connectivity index (χ0v) is 14.1. The molecule has 0 aromatic carbocycles. The summed E-state index contributed by atoms with van der Waals surface area (Å²) in [6.45, 7) is 0.693. The molecule has 27 heavy (non-hydrogen) atoms. The van der Waals surface area contributed by atoms with E-state index in [1.807, 2.05) is 0 Å². The van der Waals surface area contributed by atoms with Gasteiger partial charge in [-0.1, -0.05) is 0 Å². The number of imidazole rings is 1. The number of rotatable bonds is 5. The third-order valence-electron chi connectivity index (χ3n) is 4.61. The molecule has 144 valence electrons. The predicted molar refractivity (Wildman–Crippen MR) is 90.0 cm³/mol. The molecule has 13 heteroatoms. The summed E-state index contributed by atoms with van der Waals surface area (Å²) in [6, 6.07) is 0.0288. The highest BCUT2D eigenvalue weighted by Gasteiger charge is 2.44. The standard InChI is InChI=1S/C14H18N8O5/c15-21-20-14-18-11(17-6-1-2-26-4-6)8-12(19-14)22(5-16-8)13-10(25)9(24)7(3-23)27-13/h5-7,9-10,13,23-25H,1-4H2,(H,17,18,19)/t6?,7-,9+,10+,13-/m1/s1. The number of fused-ring (bicyclic) bond motifs is 1. The van der Waals surface area contributed by atoms with Crippen molar-refractivity contribution in [2.45, 2.75) is 37.0 Å². The number of ether oxygens (including phenoxy) is 2. The Bertz CT molecular complexity index is 878. The summed E-state index contributed by atoms with van der Waals surface area (Å²) >= 11 is 0. The number of anilines is 1. The first-order valence-corrected chi connectivity index (χ1v) is 8.38. The number of aliphatic hydroxyl groups excluding tert-OH is 3. The van der Waals surface area contributed by atoms with Crippen LogP contribution in [-0.4, -0.2) is 79.0 Å². The molecule has 2 aliphatic rings. The van der Waals surface area contributed by atoms with Crippen LogP contribution < -0.4 is 5.32 Å². The van der Waals surface area contributed by atoms with Gasteiger partial charge in [-0.3, -0.25) is 4.57 Å². The maximum absolute atomic E-state index is 10.3. The summed E-state index contributed by atoms with van der Waals surface area (Å²) in [4.78, 5) is 15.4. The minimum Gasteiger partial charge on any atom is -0.394 e. The van der Waals surface area contributed by atoms with Crippen molar-refractivity contribution in [3.05, 3.63) is 16.8 Å². The molecule has 4 heterocycles. The van der Waals surface area contributed by atoms with E-state index in [-0.39, 0.29) is 17.6 Å². The van der Waals surface area contributed by atoms with Crippen molar-refractivity contribution in [2.75, 3.05) is 25.1 Å². The average Bonchev–Trinajstić information content (AvgIpc) is 3.37. The summed E-state index contributed by atoms with van der Waals surface area (Å²) < 4.78 is 12.3. The Hall–Kier alpha value is -2.54. The molecular formula is C14H18N8O5. The first-order valence-electron chi connectivity index (χ1n) is 8.38. The van der Waals surface area contributed by atoms with Gasteiger partial charge in [0, 0.05) is 11.5 Å². The minimum absolute atomic E-state index is 0.0288. The first-order chi connectivity index (χ1) is 13.1.